The van der Waals surface area contributed by atoms with Gasteiger partial charge in [-0.05, 0) is 41.3 Å². The van der Waals surface area contributed by atoms with Crippen molar-refractivity contribution in [2.45, 2.75) is 12.8 Å². The van der Waals surface area contributed by atoms with E-state index in [-0.39, 0.29) is 17.6 Å². The molecule has 0 spiro atoms. The van der Waals surface area contributed by atoms with Crippen LogP contribution in [-0.4, -0.2) is 46.8 Å². The van der Waals surface area contributed by atoms with E-state index in [0.29, 0.717) is 25.1 Å². The number of nitrogens with one attached hydrogen (secondary N) is 1. The molecule has 4 rings (SSSR count). The Kier molecular flexibility index (Phi) is 4.89. The van der Waals surface area contributed by atoms with Gasteiger partial charge in [0.1, 0.15) is 11.9 Å². The molecular weight excluding hydrogens is 356 g/mol. The van der Waals surface area contributed by atoms with Crippen LogP contribution in [0.5, 0.6) is 0 Å². The summed E-state index contributed by atoms with van der Waals surface area (Å²) in [5.74, 6) is 0.0946. The maximum atomic E-state index is 12.7. The Morgan fingerprint density at radius 3 is 2.82 bits per heavy atom. The number of carbonyl (C=O) groups is 2. The monoisotopic (exact) mass is 376 g/mol. The summed E-state index contributed by atoms with van der Waals surface area (Å²) in [6.07, 6.45) is 8.06. The van der Waals surface area contributed by atoms with Crippen LogP contribution in [0.3, 0.4) is 0 Å². The summed E-state index contributed by atoms with van der Waals surface area (Å²) < 4.78 is 5.58. The van der Waals surface area contributed by atoms with Gasteiger partial charge in [-0.3, -0.25) is 9.59 Å². The second-order valence-electron chi connectivity index (χ2n) is 6.70. The highest BCUT2D eigenvalue weighted by Gasteiger charge is 2.20. The molecule has 1 aromatic carbocycles. The van der Waals surface area contributed by atoms with Gasteiger partial charge in [0.15, 0.2) is 5.76 Å². The summed E-state index contributed by atoms with van der Waals surface area (Å²) in [5.41, 5.74) is 3.59. The van der Waals surface area contributed by atoms with Crippen molar-refractivity contribution in [3.05, 3.63) is 65.9 Å². The zero-order valence-electron chi connectivity index (χ0n) is 15.5. The number of hydrogen-bond donors (Lipinski definition) is 1. The van der Waals surface area contributed by atoms with Gasteiger partial charge >= 0.3 is 0 Å². The molecule has 1 N–H and O–H groups in total. The van der Waals surface area contributed by atoms with E-state index < -0.39 is 0 Å². The lowest BCUT2D eigenvalue weighted by Crippen LogP contribution is -2.36. The van der Waals surface area contributed by atoms with Crippen LogP contribution in [0.4, 0.5) is 0 Å². The number of nitrogens with zero attached hydrogens (tertiary/aromatic N) is 3. The molecular formula is C21H20N4O3. The molecule has 0 bridgehead atoms. The molecule has 1 aliphatic heterocycles. The van der Waals surface area contributed by atoms with Gasteiger partial charge in [0.25, 0.3) is 5.91 Å². The fourth-order valence-electron chi connectivity index (χ4n) is 3.35. The Morgan fingerprint density at radius 2 is 2.04 bits per heavy atom. The van der Waals surface area contributed by atoms with E-state index in [1.54, 1.807) is 25.5 Å². The number of furan rings is 1. The predicted octanol–water partition coefficient (Wildman–Crippen LogP) is 2.44. The first-order valence-electron chi connectivity index (χ1n) is 9.11. The molecule has 0 fully saturated rings. The van der Waals surface area contributed by atoms with Gasteiger partial charge in [-0.25, -0.2) is 9.97 Å². The molecule has 0 saturated carbocycles. The van der Waals surface area contributed by atoms with Crippen molar-refractivity contribution in [2.24, 2.45) is 0 Å². The van der Waals surface area contributed by atoms with Gasteiger partial charge < -0.3 is 14.6 Å². The van der Waals surface area contributed by atoms with Crippen LogP contribution in [0, 0.1) is 0 Å². The van der Waals surface area contributed by atoms with Gasteiger partial charge in [-0.1, -0.05) is 12.1 Å². The Bertz CT molecular complexity index is 1060. The normalized spacial score (nSPS) is 14.0. The Balaban J connectivity index is 1.51. The average Bonchev–Trinajstić information content (AvgIpc) is 3.17. The minimum Gasteiger partial charge on any atom is -0.451 e. The van der Waals surface area contributed by atoms with E-state index in [1.165, 1.54) is 6.33 Å². The second-order valence-corrected chi connectivity index (χ2v) is 6.70. The lowest BCUT2D eigenvalue weighted by molar-refractivity contribution is -0.130. The SMILES string of the molecule is CNC(=O)c1cc2cc(C3=CCCN(C(=O)Cc4cncnc4)C3)ccc2o1. The third kappa shape index (κ3) is 3.64. The van der Waals surface area contributed by atoms with E-state index in [0.717, 1.165) is 28.5 Å². The molecule has 3 aromatic rings. The smallest absolute Gasteiger partial charge is 0.286 e. The number of carbonyl (C=O) groups excluding carboxylic acids is 2. The maximum Gasteiger partial charge on any atom is 0.286 e. The highest BCUT2D eigenvalue weighted by atomic mass is 16.3. The number of rotatable bonds is 4. The van der Waals surface area contributed by atoms with Crippen LogP contribution in [0.2, 0.25) is 0 Å². The zero-order chi connectivity index (χ0) is 19.5. The van der Waals surface area contributed by atoms with E-state index in [2.05, 4.69) is 21.4 Å². The van der Waals surface area contributed by atoms with Gasteiger partial charge in [0, 0.05) is 37.9 Å². The van der Waals surface area contributed by atoms with Crippen LogP contribution >= 0.6 is 0 Å². The van der Waals surface area contributed by atoms with Crippen LogP contribution in [0.15, 0.2) is 53.5 Å². The lowest BCUT2D eigenvalue weighted by Gasteiger charge is -2.27. The molecule has 2 aromatic heterocycles. The van der Waals surface area contributed by atoms with Crippen LogP contribution in [0.1, 0.15) is 28.1 Å². The van der Waals surface area contributed by atoms with Crippen molar-refractivity contribution < 1.29 is 14.0 Å². The molecule has 0 atom stereocenters. The molecule has 0 aliphatic carbocycles. The highest BCUT2D eigenvalue weighted by Crippen LogP contribution is 2.27. The molecule has 142 valence electrons. The molecule has 0 saturated heterocycles. The van der Waals surface area contributed by atoms with Crippen molar-refractivity contribution in [3.8, 4) is 0 Å². The second kappa shape index (κ2) is 7.64. The summed E-state index contributed by atoms with van der Waals surface area (Å²) in [7, 11) is 1.57. The van der Waals surface area contributed by atoms with Gasteiger partial charge in [0.05, 0.1) is 6.42 Å². The first-order valence-corrected chi connectivity index (χ1v) is 9.11. The van der Waals surface area contributed by atoms with E-state index in [1.807, 2.05) is 23.1 Å². The lowest BCUT2D eigenvalue weighted by atomic mass is 9.99. The van der Waals surface area contributed by atoms with E-state index >= 15 is 0 Å². The average molecular weight is 376 g/mol. The third-order valence-corrected chi connectivity index (χ3v) is 4.81. The van der Waals surface area contributed by atoms with Crippen molar-refractivity contribution in [1.29, 1.82) is 0 Å². The van der Waals surface area contributed by atoms with Crippen LogP contribution in [0.25, 0.3) is 16.5 Å². The van der Waals surface area contributed by atoms with Crippen molar-refractivity contribution in [3.63, 3.8) is 0 Å². The summed E-state index contributed by atoms with van der Waals surface area (Å²) in [4.78, 5) is 34.2. The topological polar surface area (TPSA) is 88.3 Å². The summed E-state index contributed by atoms with van der Waals surface area (Å²) in [6, 6.07) is 7.56. The largest absolute Gasteiger partial charge is 0.451 e. The summed E-state index contributed by atoms with van der Waals surface area (Å²) in [6.45, 7) is 1.25. The maximum absolute atomic E-state index is 12.7. The molecule has 7 heteroatoms. The van der Waals surface area contributed by atoms with Crippen molar-refractivity contribution in [2.75, 3.05) is 20.1 Å². The molecule has 0 unspecified atom stereocenters. The standard InChI is InChI=1S/C21H20N4O3/c1-22-21(27)19-9-17-8-15(4-5-18(17)28-19)16-3-2-6-25(12-16)20(26)7-14-10-23-13-24-11-14/h3-5,8-11,13H,2,6-7,12H2,1H3,(H,22,27). The fourth-order valence-corrected chi connectivity index (χ4v) is 3.35. The predicted molar refractivity (Wildman–Crippen MR) is 105 cm³/mol. The highest BCUT2D eigenvalue weighted by molar-refractivity contribution is 5.96. The summed E-state index contributed by atoms with van der Waals surface area (Å²) in [5, 5.41) is 3.42. The first-order chi connectivity index (χ1) is 13.6. The molecule has 2 amide bonds. The number of fused-ring (bicyclic) bond motifs is 1. The van der Waals surface area contributed by atoms with Crippen molar-refractivity contribution >= 4 is 28.4 Å². The molecule has 28 heavy (non-hydrogen) atoms. The minimum atomic E-state index is -0.253. The Labute approximate surface area is 162 Å². The van der Waals surface area contributed by atoms with Crippen LogP contribution in [-0.2, 0) is 11.2 Å². The minimum absolute atomic E-state index is 0.0618. The number of amides is 2. The van der Waals surface area contributed by atoms with E-state index in [9.17, 15) is 9.59 Å². The third-order valence-electron chi connectivity index (χ3n) is 4.81. The van der Waals surface area contributed by atoms with Crippen molar-refractivity contribution in [1.82, 2.24) is 20.2 Å². The Morgan fingerprint density at radius 1 is 1.21 bits per heavy atom. The molecule has 7 nitrogen and oxygen atoms in total. The van der Waals surface area contributed by atoms with Gasteiger partial charge in [0.2, 0.25) is 5.91 Å². The summed E-state index contributed by atoms with van der Waals surface area (Å²) >= 11 is 0. The van der Waals surface area contributed by atoms with E-state index in [4.69, 9.17) is 4.42 Å². The number of benzene rings is 1. The van der Waals surface area contributed by atoms with Gasteiger partial charge in [-0.15, -0.1) is 0 Å². The number of hydrogen-bond acceptors (Lipinski definition) is 5. The Hall–Kier alpha value is -3.48. The zero-order valence-corrected chi connectivity index (χ0v) is 15.5. The van der Waals surface area contributed by atoms with Gasteiger partial charge in [-0.2, -0.15) is 0 Å². The molecule has 3 heterocycles. The first kappa shape index (κ1) is 17.9. The fraction of sp³-hybridized carbons (Fsp3) is 0.238. The number of aromatic nitrogens is 2. The van der Waals surface area contributed by atoms with Crippen LogP contribution < -0.4 is 5.32 Å². The molecule has 1 aliphatic rings. The quantitative estimate of drug-likeness (QED) is 0.756. The molecule has 0 radical (unpaired) electrons.